The van der Waals surface area contributed by atoms with Crippen LogP contribution in [0.4, 0.5) is 0 Å². The number of rotatable bonds is 0. The van der Waals surface area contributed by atoms with Crippen LogP contribution in [0.15, 0.2) is 36.5 Å². The molecule has 0 saturated heterocycles. The Bertz CT molecular complexity index is 197. The maximum atomic E-state index is 3.18. The average Bonchev–Trinajstić information content (AvgIpc) is 2.58. The summed E-state index contributed by atoms with van der Waals surface area (Å²) in [5.41, 5.74) is 0. The summed E-state index contributed by atoms with van der Waals surface area (Å²) in [4.78, 5) is 0. The second kappa shape index (κ2) is 10.5. The second-order valence-corrected chi connectivity index (χ2v) is 3.05. The molecule has 0 unspecified atom stereocenters. The van der Waals surface area contributed by atoms with Crippen LogP contribution in [0.3, 0.4) is 0 Å². The van der Waals surface area contributed by atoms with Gasteiger partial charge in [0.15, 0.2) is 0 Å². The third-order valence-corrected chi connectivity index (χ3v) is 1.88. The molecule has 1 radical (unpaired) electrons. The Morgan fingerprint density at radius 3 is 2.29 bits per heavy atom. The van der Waals surface area contributed by atoms with Crippen molar-refractivity contribution in [2.45, 2.75) is 32.1 Å². The molecule has 0 N–H and O–H groups in total. The van der Waals surface area contributed by atoms with Gasteiger partial charge in [-0.05, 0) is 0 Å². The van der Waals surface area contributed by atoms with Crippen LogP contribution in [0.5, 0.6) is 0 Å². The van der Waals surface area contributed by atoms with E-state index in [1.807, 2.05) is 18.2 Å². The minimum absolute atomic E-state index is 0. The minimum Gasteiger partial charge on any atom is -0.275 e. The third-order valence-electron chi connectivity index (χ3n) is 1.88. The van der Waals surface area contributed by atoms with Gasteiger partial charge in [-0.3, -0.25) is 12.2 Å². The number of hydrogen-bond acceptors (Lipinski definition) is 0. The molecule has 0 spiro atoms. The van der Waals surface area contributed by atoms with Crippen molar-refractivity contribution in [2.24, 2.45) is 0 Å². The van der Waals surface area contributed by atoms with Crippen LogP contribution in [0.25, 0.3) is 0 Å². The predicted molar refractivity (Wildman–Crippen MR) is 57.0 cm³/mol. The largest absolute Gasteiger partial charge is 2.00 e. The molecule has 0 bridgehead atoms. The van der Waals surface area contributed by atoms with Gasteiger partial charge in [0, 0.05) is 0 Å². The molecule has 0 nitrogen and oxygen atoms in total. The Morgan fingerprint density at radius 2 is 1.64 bits per heavy atom. The van der Waals surface area contributed by atoms with E-state index in [9.17, 15) is 0 Å². The van der Waals surface area contributed by atoms with Crippen LogP contribution in [0.2, 0.25) is 0 Å². The smallest absolute Gasteiger partial charge is 0.275 e. The Balaban J connectivity index is 0.000000246. The monoisotopic (exact) mass is 231 g/mol. The van der Waals surface area contributed by atoms with Gasteiger partial charge in [0.25, 0.3) is 0 Å². The topological polar surface area (TPSA) is 0 Å². The molecule has 0 aromatic heterocycles. The summed E-state index contributed by atoms with van der Waals surface area (Å²) in [7, 11) is 0. The summed E-state index contributed by atoms with van der Waals surface area (Å²) < 4.78 is 0. The number of allylic oxidation sites excluding steroid dienone is 8. The SMILES string of the molecule is [C-]1=C/C=C\CCCC1.[C-]1=CC=CC1.[Co+2]. The zero-order valence-electron chi connectivity index (χ0n) is 8.33. The van der Waals surface area contributed by atoms with Crippen molar-refractivity contribution in [2.75, 3.05) is 0 Å². The molecule has 0 aromatic rings. The molecule has 0 saturated carbocycles. The maximum absolute atomic E-state index is 3.18. The van der Waals surface area contributed by atoms with E-state index in [4.69, 9.17) is 0 Å². The van der Waals surface area contributed by atoms with Gasteiger partial charge in [0.05, 0.1) is 0 Å². The van der Waals surface area contributed by atoms with Crippen LogP contribution in [-0.2, 0) is 16.8 Å². The van der Waals surface area contributed by atoms with E-state index in [1.54, 1.807) is 0 Å². The zero-order valence-corrected chi connectivity index (χ0v) is 9.37. The molecule has 0 amide bonds. The van der Waals surface area contributed by atoms with E-state index >= 15 is 0 Å². The molecule has 0 atom stereocenters. The summed E-state index contributed by atoms with van der Waals surface area (Å²) in [5.74, 6) is 0. The van der Waals surface area contributed by atoms with Crippen LogP contribution < -0.4 is 0 Å². The normalized spacial score (nSPS) is 20.0. The summed E-state index contributed by atoms with van der Waals surface area (Å²) in [6.07, 6.45) is 24.5. The first-order valence-electron chi connectivity index (χ1n) is 4.93. The quantitative estimate of drug-likeness (QED) is 0.556. The average molecular weight is 231 g/mol. The molecule has 1 heteroatoms. The van der Waals surface area contributed by atoms with Crippen molar-refractivity contribution in [1.29, 1.82) is 0 Å². The standard InChI is InChI=1S/C8H11.C5H5.Co/c1-2-4-6-8-7-5-3-1;1-2-4-5-3-1;/h1-3H,4,6-8H2;1-3H,4H2;/q2*-1;+2/b2-1-;;. The van der Waals surface area contributed by atoms with E-state index in [0.29, 0.717) is 0 Å². The molecule has 14 heavy (non-hydrogen) atoms. The van der Waals surface area contributed by atoms with Gasteiger partial charge in [-0.25, -0.2) is 24.3 Å². The third kappa shape index (κ3) is 8.08. The van der Waals surface area contributed by atoms with E-state index in [-0.39, 0.29) is 16.8 Å². The van der Waals surface area contributed by atoms with Gasteiger partial charge in [-0.2, -0.15) is 12.2 Å². The molecule has 2 aliphatic carbocycles. The molecular weight excluding hydrogens is 215 g/mol. The first-order valence-corrected chi connectivity index (χ1v) is 4.93. The summed E-state index contributed by atoms with van der Waals surface area (Å²) in [6.45, 7) is 0. The van der Waals surface area contributed by atoms with Crippen molar-refractivity contribution >= 4 is 0 Å². The molecule has 2 rings (SSSR count). The Kier molecular flexibility index (Phi) is 10.1. The Morgan fingerprint density at radius 1 is 0.857 bits per heavy atom. The van der Waals surface area contributed by atoms with Crippen molar-refractivity contribution < 1.29 is 16.8 Å². The summed E-state index contributed by atoms with van der Waals surface area (Å²) >= 11 is 0. The first kappa shape index (κ1) is 13.5. The summed E-state index contributed by atoms with van der Waals surface area (Å²) in [6, 6.07) is 0. The fourth-order valence-corrected chi connectivity index (χ4v) is 1.15. The van der Waals surface area contributed by atoms with Gasteiger partial charge < -0.3 is 0 Å². The molecule has 2 aliphatic rings. The fourth-order valence-electron chi connectivity index (χ4n) is 1.15. The van der Waals surface area contributed by atoms with Crippen molar-refractivity contribution in [1.82, 2.24) is 0 Å². The van der Waals surface area contributed by atoms with Crippen LogP contribution >= 0.6 is 0 Å². The van der Waals surface area contributed by atoms with Gasteiger partial charge in [0.2, 0.25) is 0 Å². The van der Waals surface area contributed by atoms with Crippen LogP contribution in [0.1, 0.15) is 32.1 Å². The molecule has 0 aromatic carbocycles. The molecule has 77 valence electrons. The Hall–Kier alpha value is -0.534. The fraction of sp³-hybridized carbons (Fsp3) is 0.385. The van der Waals surface area contributed by atoms with Crippen molar-refractivity contribution in [3.63, 3.8) is 0 Å². The molecule has 0 heterocycles. The molecular formula is C13H16Co. The van der Waals surface area contributed by atoms with Gasteiger partial charge in [0.1, 0.15) is 0 Å². The van der Waals surface area contributed by atoms with Gasteiger partial charge in [-0.15, -0.1) is 12.8 Å². The van der Waals surface area contributed by atoms with Crippen molar-refractivity contribution in [3.05, 3.63) is 48.6 Å². The van der Waals surface area contributed by atoms with Crippen LogP contribution in [-0.4, -0.2) is 0 Å². The zero-order chi connectivity index (χ0) is 9.19. The van der Waals surface area contributed by atoms with Gasteiger partial charge in [-0.1, -0.05) is 19.3 Å². The van der Waals surface area contributed by atoms with Crippen molar-refractivity contribution in [3.8, 4) is 0 Å². The molecule has 0 fully saturated rings. The Labute approximate surface area is 97.7 Å². The van der Waals surface area contributed by atoms with Crippen LogP contribution in [0, 0.1) is 12.2 Å². The van der Waals surface area contributed by atoms with E-state index in [1.165, 1.54) is 19.3 Å². The summed E-state index contributed by atoms with van der Waals surface area (Å²) in [5, 5.41) is 0. The van der Waals surface area contributed by atoms with E-state index in [2.05, 4.69) is 30.4 Å². The minimum atomic E-state index is 0. The van der Waals surface area contributed by atoms with Gasteiger partial charge >= 0.3 is 16.8 Å². The first-order chi connectivity index (χ1) is 6.50. The van der Waals surface area contributed by atoms with E-state index < -0.39 is 0 Å². The predicted octanol–water partition coefficient (Wildman–Crippen LogP) is 3.78. The maximum Gasteiger partial charge on any atom is 2.00 e. The molecule has 0 aliphatic heterocycles. The second-order valence-electron chi connectivity index (χ2n) is 3.05. The number of hydrogen-bond donors (Lipinski definition) is 0. The van der Waals surface area contributed by atoms with E-state index in [0.717, 1.165) is 12.8 Å².